The minimum atomic E-state index is -0.241. The molecule has 0 saturated heterocycles. The van der Waals surface area contributed by atoms with Gasteiger partial charge in [-0.25, -0.2) is 4.98 Å². The quantitative estimate of drug-likeness (QED) is 0.404. The molecule has 0 spiro atoms. The number of hydrogen-bond acceptors (Lipinski definition) is 5. The van der Waals surface area contributed by atoms with Crippen LogP contribution in [0, 0.1) is 6.92 Å². The molecule has 2 amide bonds. The van der Waals surface area contributed by atoms with Gasteiger partial charge in [-0.05, 0) is 68.0 Å². The van der Waals surface area contributed by atoms with Crippen LogP contribution in [0.5, 0.6) is 0 Å². The van der Waals surface area contributed by atoms with Gasteiger partial charge >= 0.3 is 0 Å². The molecule has 8 heteroatoms. The highest BCUT2D eigenvalue weighted by Crippen LogP contribution is 2.33. The highest BCUT2D eigenvalue weighted by Gasteiger charge is 2.20. The minimum Gasteiger partial charge on any atom is -0.326 e. The molecule has 2 N–H and O–H groups in total. The molecule has 178 valence electrons. The Bertz CT molecular complexity index is 1470. The highest BCUT2D eigenvalue weighted by atomic mass is 32.1. The van der Waals surface area contributed by atoms with Crippen molar-refractivity contribution in [3.05, 3.63) is 86.8 Å². The number of anilines is 2. The lowest BCUT2D eigenvalue weighted by Gasteiger charge is -2.13. The van der Waals surface area contributed by atoms with Crippen molar-refractivity contribution in [3.8, 4) is 0 Å². The molecule has 0 bridgehead atoms. The van der Waals surface area contributed by atoms with E-state index in [2.05, 4.69) is 15.6 Å². The number of nitrogens with zero attached hydrogens (tertiary/aromatic N) is 2. The molecule has 0 saturated carbocycles. The Morgan fingerprint density at radius 3 is 2.66 bits per heavy atom. The van der Waals surface area contributed by atoms with Crippen molar-refractivity contribution in [2.45, 2.75) is 45.6 Å². The minimum absolute atomic E-state index is 0.0713. The molecule has 0 aliphatic heterocycles. The molecule has 5 rings (SSSR count). The van der Waals surface area contributed by atoms with Crippen LogP contribution in [-0.2, 0) is 24.2 Å². The fourth-order valence-corrected chi connectivity index (χ4v) is 5.73. The van der Waals surface area contributed by atoms with Gasteiger partial charge in [0.15, 0.2) is 0 Å². The van der Waals surface area contributed by atoms with E-state index in [0.717, 1.165) is 41.5 Å². The summed E-state index contributed by atoms with van der Waals surface area (Å²) in [6.45, 7) is 2.04. The van der Waals surface area contributed by atoms with Gasteiger partial charge in [-0.3, -0.25) is 19.0 Å². The van der Waals surface area contributed by atoms with Crippen molar-refractivity contribution in [2.75, 3.05) is 10.6 Å². The monoisotopic (exact) mass is 486 g/mol. The maximum Gasteiger partial charge on any atom is 0.262 e. The molecular formula is C27H26N4O3S. The number of benzene rings is 2. The average molecular weight is 487 g/mol. The van der Waals surface area contributed by atoms with Crippen LogP contribution >= 0.6 is 11.3 Å². The number of para-hydroxylation sites is 1. The first-order chi connectivity index (χ1) is 17.0. The molecule has 0 radical (unpaired) electrons. The van der Waals surface area contributed by atoms with Gasteiger partial charge in [0.1, 0.15) is 4.83 Å². The number of rotatable bonds is 6. The Morgan fingerprint density at radius 1 is 1.03 bits per heavy atom. The first kappa shape index (κ1) is 23.0. The van der Waals surface area contributed by atoms with E-state index in [4.69, 9.17) is 0 Å². The van der Waals surface area contributed by atoms with Crippen LogP contribution in [0.3, 0.4) is 0 Å². The van der Waals surface area contributed by atoms with E-state index in [0.29, 0.717) is 22.5 Å². The van der Waals surface area contributed by atoms with Gasteiger partial charge in [-0.15, -0.1) is 11.3 Å². The summed E-state index contributed by atoms with van der Waals surface area (Å²) in [6, 6.07) is 14.5. The number of carbonyl (C=O) groups excluding carboxylic acids is 2. The van der Waals surface area contributed by atoms with Gasteiger partial charge in [-0.2, -0.15) is 0 Å². The van der Waals surface area contributed by atoms with E-state index in [9.17, 15) is 14.4 Å². The molecule has 2 aromatic heterocycles. The zero-order valence-corrected chi connectivity index (χ0v) is 20.3. The van der Waals surface area contributed by atoms with Crippen molar-refractivity contribution in [1.29, 1.82) is 0 Å². The zero-order valence-electron chi connectivity index (χ0n) is 19.5. The predicted molar refractivity (Wildman–Crippen MR) is 139 cm³/mol. The summed E-state index contributed by atoms with van der Waals surface area (Å²) in [7, 11) is 0. The fourth-order valence-electron chi connectivity index (χ4n) is 4.51. The first-order valence-electron chi connectivity index (χ1n) is 11.8. The standard InChI is InChI=1S/C27H26N4O3S/c1-17-19(25(33)29-18-8-3-2-4-9-18)11-7-12-21(17)30-23(32)14-15-31-16-28-26-24(27(31)34)20-10-5-6-13-22(20)35-26/h2-4,7-9,11-12,16H,5-6,10,13-15H2,1H3,(H,29,33)(H,30,32). The number of carbonyl (C=O) groups is 2. The fraction of sp³-hybridized carbons (Fsp3) is 0.259. The summed E-state index contributed by atoms with van der Waals surface area (Å²) < 4.78 is 1.53. The predicted octanol–water partition coefficient (Wildman–Crippen LogP) is 4.93. The summed E-state index contributed by atoms with van der Waals surface area (Å²) in [5, 5.41) is 6.48. The first-order valence-corrected chi connectivity index (χ1v) is 12.6. The summed E-state index contributed by atoms with van der Waals surface area (Å²) in [4.78, 5) is 45.1. The van der Waals surface area contributed by atoms with Crippen LogP contribution in [0.4, 0.5) is 11.4 Å². The van der Waals surface area contributed by atoms with Crippen LogP contribution < -0.4 is 16.2 Å². The SMILES string of the molecule is Cc1c(NC(=O)CCn2cnc3sc4c(c3c2=O)CCCC4)cccc1C(=O)Nc1ccccc1. The van der Waals surface area contributed by atoms with E-state index in [1.807, 2.05) is 30.3 Å². The Hall–Kier alpha value is -3.78. The van der Waals surface area contributed by atoms with Crippen LogP contribution in [0.15, 0.2) is 59.7 Å². The third-order valence-corrected chi connectivity index (χ3v) is 7.61. The topological polar surface area (TPSA) is 93.1 Å². The van der Waals surface area contributed by atoms with Crippen LogP contribution in [-0.4, -0.2) is 21.4 Å². The second-order valence-corrected chi connectivity index (χ2v) is 9.81. The van der Waals surface area contributed by atoms with Gasteiger partial charge in [-0.1, -0.05) is 24.3 Å². The summed E-state index contributed by atoms with van der Waals surface area (Å²) in [5.74, 6) is -0.470. The van der Waals surface area contributed by atoms with Gasteiger partial charge in [0.2, 0.25) is 5.91 Å². The molecule has 1 aliphatic rings. The lowest BCUT2D eigenvalue weighted by molar-refractivity contribution is -0.116. The smallest absolute Gasteiger partial charge is 0.262 e. The third kappa shape index (κ3) is 4.74. The van der Waals surface area contributed by atoms with E-state index < -0.39 is 0 Å². The molecule has 2 heterocycles. The summed E-state index contributed by atoms with van der Waals surface area (Å²) >= 11 is 1.62. The van der Waals surface area contributed by atoms with E-state index >= 15 is 0 Å². The van der Waals surface area contributed by atoms with Gasteiger partial charge < -0.3 is 10.6 Å². The van der Waals surface area contributed by atoms with E-state index in [-0.39, 0.29) is 30.3 Å². The lowest BCUT2D eigenvalue weighted by Crippen LogP contribution is -2.24. The van der Waals surface area contributed by atoms with Crippen molar-refractivity contribution < 1.29 is 9.59 Å². The molecule has 7 nitrogen and oxygen atoms in total. The number of hydrogen-bond donors (Lipinski definition) is 2. The third-order valence-electron chi connectivity index (χ3n) is 6.41. The largest absolute Gasteiger partial charge is 0.326 e. The van der Waals surface area contributed by atoms with Crippen molar-refractivity contribution in [1.82, 2.24) is 9.55 Å². The second-order valence-electron chi connectivity index (χ2n) is 8.73. The maximum atomic E-state index is 13.1. The number of nitrogens with one attached hydrogen (secondary N) is 2. The van der Waals surface area contributed by atoms with E-state index in [1.54, 1.807) is 42.8 Å². The molecule has 2 aromatic carbocycles. The average Bonchev–Trinajstić information content (AvgIpc) is 3.25. The van der Waals surface area contributed by atoms with Gasteiger partial charge in [0.05, 0.1) is 11.7 Å². The van der Waals surface area contributed by atoms with Crippen molar-refractivity contribution >= 4 is 44.7 Å². The number of amides is 2. The van der Waals surface area contributed by atoms with Crippen LogP contribution in [0.1, 0.15) is 45.6 Å². The van der Waals surface area contributed by atoms with Gasteiger partial charge in [0.25, 0.3) is 11.5 Å². The van der Waals surface area contributed by atoms with Crippen LogP contribution in [0.2, 0.25) is 0 Å². The van der Waals surface area contributed by atoms with Crippen molar-refractivity contribution in [3.63, 3.8) is 0 Å². The summed E-state index contributed by atoms with van der Waals surface area (Å²) in [5.41, 5.74) is 3.52. The van der Waals surface area contributed by atoms with Gasteiger partial charge in [0, 0.05) is 34.8 Å². The maximum absolute atomic E-state index is 13.1. The Kier molecular flexibility index (Phi) is 6.46. The summed E-state index contributed by atoms with van der Waals surface area (Å²) in [6.07, 6.45) is 5.85. The number of thiophene rings is 1. The molecule has 0 unspecified atom stereocenters. The van der Waals surface area contributed by atoms with Crippen LogP contribution in [0.25, 0.3) is 10.2 Å². The number of aromatic nitrogens is 2. The Balaban J connectivity index is 1.27. The van der Waals surface area contributed by atoms with Crippen molar-refractivity contribution in [2.24, 2.45) is 0 Å². The lowest BCUT2D eigenvalue weighted by atomic mass is 9.97. The molecule has 0 atom stereocenters. The molecule has 0 fully saturated rings. The molecule has 4 aromatic rings. The number of fused-ring (bicyclic) bond motifs is 3. The Labute approximate surface area is 206 Å². The molecular weight excluding hydrogens is 460 g/mol. The zero-order chi connectivity index (χ0) is 24.4. The Morgan fingerprint density at radius 2 is 1.83 bits per heavy atom. The second kappa shape index (κ2) is 9.84. The number of aryl methyl sites for hydroxylation is 3. The normalized spacial score (nSPS) is 12.8. The highest BCUT2D eigenvalue weighted by molar-refractivity contribution is 7.18. The molecule has 1 aliphatic carbocycles. The molecule has 35 heavy (non-hydrogen) atoms. The van der Waals surface area contributed by atoms with E-state index in [1.165, 1.54) is 9.44 Å².